The molecule has 0 fully saturated rings. The van der Waals surface area contributed by atoms with Crippen LogP contribution in [0, 0.1) is 26.7 Å². The molecule has 24 aromatic rings. The highest BCUT2D eigenvalue weighted by atomic mass is 14.8. The second-order valence-electron chi connectivity index (χ2n) is 29.8. The van der Waals surface area contributed by atoms with E-state index in [-0.39, 0.29) is 17.8 Å². The fraction of sp³-hybridized carbons (Fsp3) is 0.111. The van der Waals surface area contributed by atoms with Crippen LogP contribution < -0.4 is 0 Å². The molecule has 81 heavy (non-hydrogen) atoms. The van der Waals surface area contributed by atoms with Gasteiger partial charge in [-0.25, -0.2) is 0 Å². The molecule has 11 aliphatic rings. The number of benzene rings is 18. The van der Waals surface area contributed by atoms with Gasteiger partial charge in [-0.1, -0.05) is 89.5 Å². The summed E-state index contributed by atoms with van der Waals surface area (Å²) in [7, 11) is 0. The Balaban J connectivity index is 1.08. The van der Waals surface area contributed by atoms with Gasteiger partial charge in [0.1, 0.15) is 0 Å². The van der Waals surface area contributed by atoms with E-state index in [9.17, 15) is 0 Å². The zero-order valence-corrected chi connectivity index (χ0v) is 43.2. The average molecular weight is 997 g/mol. The third-order valence-corrected chi connectivity index (χ3v) is 28.8. The van der Waals surface area contributed by atoms with Crippen molar-refractivity contribution in [3.05, 3.63) is 184 Å². The molecule has 0 radical (unpaired) electrons. The van der Waals surface area contributed by atoms with Crippen LogP contribution >= 0.6 is 0 Å². The minimum Gasteiger partial charge on any atom is -0.0590 e. The normalized spacial score (nSPS) is 26.6. The van der Waals surface area contributed by atoms with Gasteiger partial charge < -0.3 is 0 Å². The van der Waals surface area contributed by atoms with E-state index in [2.05, 4.69) is 93.6 Å². The maximum atomic E-state index is 2.69. The van der Waals surface area contributed by atoms with E-state index >= 15 is 0 Å². The molecule has 11 aliphatic carbocycles. The molecule has 0 heterocycles. The molecule has 0 saturated carbocycles. The summed E-state index contributed by atoms with van der Waals surface area (Å²) in [4.78, 5) is 0. The molecule has 0 nitrogen and oxygen atoms in total. The third-order valence-electron chi connectivity index (χ3n) is 28.8. The summed E-state index contributed by atoms with van der Waals surface area (Å²) in [6, 6.07) is 31.3. The number of hydrogen-bond donors (Lipinski definition) is 0. The average Bonchev–Trinajstić information content (AvgIpc) is 1.43. The first-order valence-corrected chi connectivity index (χ1v) is 30.6. The van der Waals surface area contributed by atoms with Crippen molar-refractivity contribution in [2.24, 2.45) is 5.92 Å². The Morgan fingerprint density at radius 1 is 0.247 bits per heavy atom. The van der Waals surface area contributed by atoms with Gasteiger partial charge in [-0.3, -0.25) is 0 Å². The molecule has 0 saturated heterocycles. The van der Waals surface area contributed by atoms with Crippen LogP contribution in [0.1, 0.15) is 101 Å². The fourth-order valence-electron chi connectivity index (χ4n) is 28.3. The Bertz CT molecular complexity index is 7760. The van der Waals surface area contributed by atoms with Crippen molar-refractivity contribution in [1.29, 1.82) is 0 Å². The molecule has 24 aromatic carbocycles. The van der Waals surface area contributed by atoms with Crippen molar-refractivity contribution in [2.45, 2.75) is 48.9 Å². The quantitative estimate of drug-likeness (QED) is 0.155. The Morgan fingerprint density at radius 2 is 0.543 bits per heavy atom. The molecule has 0 aliphatic heterocycles. The van der Waals surface area contributed by atoms with Gasteiger partial charge in [-0.05, 0) is 331 Å². The van der Waals surface area contributed by atoms with Gasteiger partial charge >= 0.3 is 0 Å². The van der Waals surface area contributed by atoms with E-state index < -0.39 is 16.2 Å². The summed E-state index contributed by atoms with van der Waals surface area (Å²) in [5.41, 5.74) is 32.0. The molecule has 0 bridgehead atoms. The van der Waals surface area contributed by atoms with Crippen LogP contribution in [0.15, 0.2) is 95.1 Å². The summed E-state index contributed by atoms with van der Waals surface area (Å²) in [5.74, 6) is 0.612. The smallest absolute Gasteiger partial charge is 0.0590 e. The second kappa shape index (κ2) is 7.80. The van der Waals surface area contributed by atoms with Crippen molar-refractivity contribution >= 4 is 215 Å². The number of hydrogen-bond acceptors (Lipinski definition) is 0. The van der Waals surface area contributed by atoms with Crippen LogP contribution in [0.3, 0.4) is 0 Å². The van der Waals surface area contributed by atoms with Gasteiger partial charge in [0.05, 0.1) is 16.2 Å². The molecule has 0 N–H and O–H groups in total. The zero-order chi connectivity index (χ0) is 49.4. The molecular formula is C81H24. The molecule has 35 rings (SSSR count). The predicted molar refractivity (Wildman–Crippen MR) is 332 cm³/mol. The van der Waals surface area contributed by atoms with Gasteiger partial charge in [-0.15, -0.1) is 0 Å². The van der Waals surface area contributed by atoms with Crippen molar-refractivity contribution in [1.82, 2.24) is 0 Å². The molecule has 6 atom stereocenters. The first-order chi connectivity index (χ1) is 40.1. The van der Waals surface area contributed by atoms with Gasteiger partial charge in [0.15, 0.2) is 0 Å². The van der Waals surface area contributed by atoms with Crippen LogP contribution in [0.2, 0.25) is 0 Å². The SMILES string of the molecule is Cc1ccc(C23C4=C5C6C7=C4C4c8c9c%10c%11c(c%12c%13c%14c(c%15c%16c%17c(c2c2c%18c3c4c3c8c4c%10c8c%10c%11c%13c%11c%13c%14c%16c%14c%16c%17c2c2c%17c%18c3c3c4c8c4c(c3%17)c(c2%16)c(c%14%13)c4c%10%11)C5%15c2ccc(C)cc2)C%126c2ccc(C)cc2)C79)cc1. The standard InChI is InChI=1S/C81H24/c1-16-4-10-19(11-5-16)79-70-60-50-44-30-28-23-22-24-26-27-25(22)33-35-29(23)31(30)45-47-46(44)58(60)68-69-59(47)61-51(45)49(35)53-39(33)41-37(27)43-42-36(26)40-38-32(24)34(28)48(50)52(38)62(70)64-54(40)56(42)66-67-57(43)55(41)65-63(53)71(61)80(20-12-6-17(2)7-13-20)73(65)75(67)81(74(66)72(64)79,78(76(68)79)77(69)80)21-14-8-18(3)9-15-21/h4-15,58-59,76H,1-3H3. The predicted octanol–water partition coefficient (Wildman–Crippen LogP) is 19.7. The van der Waals surface area contributed by atoms with Crippen LogP contribution in [-0.4, -0.2) is 0 Å². The van der Waals surface area contributed by atoms with Gasteiger partial charge in [0.2, 0.25) is 0 Å². The Hall–Kier alpha value is -9.36. The summed E-state index contributed by atoms with van der Waals surface area (Å²) in [6.07, 6.45) is 0. The lowest BCUT2D eigenvalue weighted by Crippen LogP contribution is -2.54. The monoisotopic (exact) mass is 996 g/mol. The van der Waals surface area contributed by atoms with Gasteiger partial charge in [-0.2, -0.15) is 0 Å². The molecule has 6 unspecified atom stereocenters. The molecular weight excluding hydrogens is 973 g/mol. The van der Waals surface area contributed by atoms with E-state index in [0.29, 0.717) is 0 Å². The topological polar surface area (TPSA) is 0 Å². The maximum absolute atomic E-state index is 2.69. The Morgan fingerprint density at radius 3 is 0.988 bits per heavy atom. The molecule has 0 heteroatoms. The first kappa shape index (κ1) is 32.6. The van der Waals surface area contributed by atoms with E-state index in [1.807, 2.05) is 11.1 Å². The lowest BCUT2D eigenvalue weighted by atomic mass is 9.42. The fourth-order valence-corrected chi connectivity index (χ4v) is 28.3. The van der Waals surface area contributed by atoms with Crippen molar-refractivity contribution in [3.63, 3.8) is 0 Å². The van der Waals surface area contributed by atoms with Crippen LogP contribution in [0.25, 0.3) is 215 Å². The van der Waals surface area contributed by atoms with E-state index in [1.54, 1.807) is 288 Å². The first-order valence-electron chi connectivity index (χ1n) is 30.6. The highest BCUT2D eigenvalue weighted by Gasteiger charge is 2.78. The number of allylic oxidation sites excluding steroid dienone is 4. The molecule has 0 spiro atoms. The minimum absolute atomic E-state index is 0.162. The zero-order valence-electron chi connectivity index (χ0n) is 43.2. The van der Waals surface area contributed by atoms with Gasteiger partial charge in [0.25, 0.3) is 0 Å². The highest BCUT2D eigenvalue weighted by Crippen LogP contribution is 2.91. The van der Waals surface area contributed by atoms with Crippen LogP contribution in [-0.2, 0) is 16.2 Å². The van der Waals surface area contributed by atoms with Crippen molar-refractivity contribution in [2.75, 3.05) is 0 Å². The van der Waals surface area contributed by atoms with E-state index in [4.69, 9.17) is 0 Å². The number of aryl methyl sites for hydroxylation is 3. The van der Waals surface area contributed by atoms with E-state index in [0.717, 1.165) is 0 Å². The minimum atomic E-state index is -0.483. The largest absolute Gasteiger partial charge is 0.0724 e. The molecule has 0 aromatic heterocycles. The highest BCUT2D eigenvalue weighted by molar-refractivity contribution is 6.77. The summed E-state index contributed by atoms with van der Waals surface area (Å²) >= 11 is 0. The van der Waals surface area contributed by atoms with Gasteiger partial charge in [0, 0.05) is 17.8 Å². The Kier molecular flexibility index (Phi) is 3.14. The van der Waals surface area contributed by atoms with Crippen LogP contribution in [0.5, 0.6) is 0 Å². The molecule has 348 valence electrons. The molecule has 0 amide bonds. The lowest BCUT2D eigenvalue weighted by molar-refractivity contribution is 0.390. The second-order valence-corrected chi connectivity index (χ2v) is 29.8. The van der Waals surface area contributed by atoms with Crippen LogP contribution in [0.4, 0.5) is 0 Å². The summed E-state index contributed by atoms with van der Waals surface area (Å²) in [5, 5.41) is 66.8. The Labute approximate surface area is 451 Å². The van der Waals surface area contributed by atoms with Crippen molar-refractivity contribution in [3.8, 4) is 0 Å². The van der Waals surface area contributed by atoms with Crippen molar-refractivity contribution < 1.29 is 0 Å². The summed E-state index contributed by atoms with van der Waals surface area (Å²) < 4.78 is 0. The maximum Gasteiger partial charge on any atom is 0.0724 e. The third kappa shape index (κ3) is 1.92. The van der Waals surface area contributed by atoms with E-state index in [1.165, 1.54) is 27.8 Å². The lowest BCUT2D eigenvalue weighted by Gasteiger charge is -2.58. The number of rotatable bonds is 3. The summed E-state index contributed by atoms with van der Waals surface area (Å²) in [6.45, 7) is 7.02.